The van der Waals surface area contributed by atoms with E-state index in [0.717, 1.165) is 22.4 Å². The molecule has 8 heteroatoms. The molecule has 0 N–H and O–H groups in total. The summed E-state index contributed by atoms with van der Waals surface area (Å²) in [7, 11) is 0. The fraction of sp³-hybridized carbons (Fsp3) is 0.250. The first-order valence-electron chi connectivity index (χ1n) is 13.3. The average Bonchev–Trinajstić information content (AvgIpc) is 3.58. The molecule has 1 saturated heterocycles. The number of hydrogen-bond acceptors (Lipinski definition) is 6. The van der Waals surface area contributed by atoms with Gasteiger partial charge in [-0.1, -0.05) is 103 Å². The van der Waals surface area contributed by atoms with Crippen LogP contribution in [0.1, 0.15) is 28.5 Å². The highest BCUT2D eigenvalue weighted by atomic mass is 35.5. The highest BCUT2D eigenvalue weighted by molar-refractivity contribution is 6.32. The average molecular weight is 556 g/mol. The molecule has 3 heterocycles. The third-order valence-electron chi connectivity index (χ3n) is 6.98. The lowest BCUT2D eigenvalue weighted by atomic mass is 10.0. The Bertz CT molecular complexity index is 1500. The van der Waals surface area contributed by atoms with Crippen LogP contribution in [0.3, 0.4) is 0 Å². The standard InChI is InChI=1S/C32H30ClN3O4/c33-31-32-35-18-26(36(32)17-16-34-31)28-30(39-21-25-14-8-3-9-15-25)29(38-20-24-12-6-2-7-13-24)27(40-28)22-37-19-23-10-4-1-5-11-23/h1-18,27-30H,19-22H2/t27-,28?,29-,30+/m1/s1. The van der Waals surface area contributed by atoms with Gasteiger partial charge in [-0.2, -0.15) is 0 Å². The molecule has 4 atom stereocenters. The van der Waals surface area contributed by atoms with Crippen LogP contribution in [-0.4, -0.2) is 39.3 Å². The smallest absolute Gasteiger partial charge is 0.175 e. The van der Waals surface area contributed by atoms with Crippen LogP contribution in [0, 0.1) is 0 Å². The number of aromatic nitrogens is 3. The Morgan fingerprint density at radius 2 is 1.30 bits per heavy atom. The van der Waals surface area contributed by atoms with Gasteiger partial charge in [0, 0.05) is 12.4 Å². The monoisotopic (exact) mass is 555 g/mol. The first kappa shape index (κ1) is 26.6. The molecule has 0 radical (unpaired) electrons. The first-order valence-corrected chi connectivity index (χ1v) is 13.7. The molecule has 3 aromatic carbocycles. The quantitative estimate of drug-likeness (QED) is 0.193. The van der Waals surface area contributed by atoms with Gasteiger partial charge in [0.2, 0.25) is 0 Å². The summed E-state index contributed by atoms with van der Waals surface area (Å²) < 4.78 is 27.9. The molecule has 40 heavy (non-hydrogen) atoms. The zero-order valence-corrected chi connectivity index (χ0v) is 22.6. The van der Waals surface area contributed by atoms with Gasteiger partial charge in [-0.3, -0.25) is 4.40 Å². The fourth-order valence-electron chi connectivity index (χ4n) is 5.00. The van der Waals surface area contributed by atoms with Crippen molar-refractivity contribution in [3.8, 4) is 0 Å². The second-order valence-electron chi connectivity index (χ2n) is 9.71. The predicted octanol–water partition coefficient (Wildman–Crippen LogP) is 6.21. The van der Waals surface area contributed by atoms with Gasteiger partial charge in [-0.05, 0) is 16.7 Å². The second kappa shape index (κ2) is 12.7. The predicted molar refractivity (Wildman–Crippen MR) is 152 cm³/mol. The largest absolute Gasteiger partial charge is 0.374 e. The van der Waals surface area contributed by atoms with Crippen molar-refractivity contribution in [2.24, 2.45) is 0 Å². The number of nitrogens with zero attached hydrogens (tertiary/aromatic N) is 3. The lowest BCUT2D eigenvalue weighted by Crippen LogP contribution is -2.38. The third kappa shape index (κ3) is 6.09. The SMILES string of the molecule is Clc1nccn2c(C3O[C@H](COCc4ccccc4)[C@@H](OCc4ccccc4)[C@H]3OCc3ccccc3)cnc12. The normalized spacial score (nSPS) is 20.7. The summed E-state index contributed by atoms with van der Waals surface area (Å²) in [5, 5.41) is 0.327. The number of fused-ring (bicyclic) bond motifs is 1. The van der Waals surface area contributed by atoms with Crippen molar-refractivity contribution >= 4 is 17.2 Å². The molecule has 1 aliphatic heterocycles. The van der Waals surface area contributed by atoms with Crippen molar-refractivity contribution in [1.29, 1.82) is 0 Å². The van der Waals surface area contributed by atoms with Crippen LogP contribution in [0.5, 0.6) is 0 Å². The van der Waals surface area contributed by atoms with Crippen molar-refractivity contribution in [1.82, 2.24) is 14.4 Å². The molecular formula is C32H30ClN3O4. The summed E-state index contributed by atoms with van der Waals surface area (Å²) in [5.41, 5.74) is 4.62. The molecule has 1 unspecified atom stereocenters. The topological polar surface area (TPSA) is 67.1 Å². The lowest BCUT2D eigenvalue weighted by Gasteiger charge is -2.25. The van der Waals surface area contributed by atoms with Crippen LogP contribution in [0.25, 0.3) is 5.65 Å². The van der Waals surface area contributed by atoms with Crippen LogP contribution >= 0.6 is 11.6 Å². The Hall–Kier alpha value is -3.59. The van der Waals surface area contributed by atoms with Crippen molar-refractivity contribution < 1.29 is 18.9 Å². The van der Waals surface area contributed by atoms with Gasteiger partial charge in [0.25, 0.3) is 0 Å². The number of imidazole rings is 1. The van der Waals surface area contributed by atoms with Crippen LogP contribution in [0.2, 0.25) is 5.15 Å². The van der Waals surface area contributed by atoms with Gasteiger partial charge in [0.15, 0.2) is 10.8 Å². The summed E-state index contributed by atoms with van der Waals surface area (Å²) >= 11 is 6.35. The fourth-order valence-corrected chi connectivity index (χ4v) is 5.20. The molecule has 6 rings (SSSR count). The maximum atomic E-state index is 6.69. The Morgan fingerprint density at radius 3 is 1.93 bits per heavy atom. The summed E-state index contributed by atoms with van der Waals surface area (Å²) in [6, 6.07) is 30.3. The molecule has 5 aromatic rings. The van der Waals surface area contributed by atoms with Gasteiger partial charge >= 0.3 is 0 Å². The number of rotatable bonds is 11. The van der Waals surface area contributed by atoms with E-state index in [-0.39, 0.29) is 6.10 Å². The van der Waals surface area contributed by atoms with Crippen LogP contribution < -0.4 is 0 Å². The van der Waals surface area contributed by atoms with Crippen LogP contribution in [0.4, 0.5) is 0 Å². The van der Waals surface area contributed by atoms with E-state index in [1.807, 2.05) is 102 Å². The molecule has 7 nitrogen and oxygen atoms in total. The Morgan fingerprint density at radius 1 is 0.725 bits per heavy atom. The number of hydrogen-bond donors (Lipinski definition) is 0. The zero-order chi connectivity index (χ0) is 27.1. The van der Waals surface area contributed by atoms with Crippen molar-refractivity contribution in [3.63, 3.8) is 0 Å². The maximum absolute atomic E-state index is 6.69. The maximum Gasteiger partial charge on any atom is 0.175 e. The summed E-state index contributed by atoms with van der Waals surface area (Å²) in [6.45, 7) is 1.65. The number of benzene rings is 3. The second-order valence-corrected chi connectivity index (χ2v) is 10.1. The molecule has 0 saturated carbocycles. The van der Waals surface area contributed by atoms with Crippen molar-refractivity contribution in [3.05, 3.63) is 137 Å². The van der Waals surface area contributed by atoms with E-state index in [1.54, 1.807) is 12.4 Å². The third-order valence-corrected chi connectivity index (χ3v) is 7.25. The molecule has 1 aliphatic rings. The zero-order valence-electron chi connectivity index (χ0n) is 21.9. The lowest BCUT2D eigenvalue weighted by molar-refractivity contribution is -0.0898. The van der Waals surface area contributed by atoms with E-state index in [0.29, 0.717) is 37.2 Å². The van der Waals surface area contributed by atoms with E-state index in [9.17, 15) is 0 Å². The summed E-state index contributed by atoms with van der Waals surface area (Å²) in [4.78, 5) is 8.69. The highest BCUT2D eigenvalue weighted by Crippen LogP contribution is 2.39. The van der Waals surface area contributed by atoms with Crippen LogP contribution in [-0.2, 0) is 38.8 Å². The molecular weight excluding hydrogens is 526 g/mol. The molecule has 204 valence electrons. The van der Waals surface area contributed by atoms with E-state index in [1.165, 1.54) is 0 Å². The first-order chi connectivity index (χ1) is 19.8. The molecule has 2 aromatic heterocycles. The molecule has 1 fully saturated rings. The van der Waals surface area contributed by atoms with E-state index >= 15 is 0 Å². The summed E-state index contributed by atoms with van der Waals surface area (Å²) in [5.74, 6) is 0. The van der Waals surface area contributed by atoms with E-state index < -0.39 is 18.3 Å². The minimum absolute atomic E-state index is 0.327. The van der Waals surface area contributed by atoms with Gasteiger partial charge < -0.3 is 18.9 Å². The van der Waals surface area contributed by atoms with Crippen LogP contribution in [0.15, 0.2) is 110 Å². The number of ether oxygens (including phenoxy) is 4. The van der Waals surface area contributed by atoms with Crippen molar-refractivity contribution in [2.45, 2.75) is 44.2 Å². The molecule has 0 bridgehead atoms. The summed E-state index contributed by atoms with van der Waals surface area (Å²) in [6.07, 6.45) is 3.59. The van der Waals surface area contributed by atoms with Gasteiger partial charge in [-0.25, -0.2) is 9.97 Å². The highest BCUT2D eigenvalue weighted by Gasteiger charge is 2.48. The molecule has 0 aliphatic carbocycles. The number of halogens is 1. The van der Waals surface area contributed by atoms with E-state index in [2.05, 4.69) is 9.97 Å². The Kier molecular flexibility index (Phi) is 8.47. The van der Waals surface area contributed by atoms with E-state index in [4.69, 9.17) is 30.5 Å². The van der Waals surface area contributed by atoms with Gasteiger partial charge in [0.1, 0.15) is 24.4 Å². The Balaban J connectivity index is 1.29. The molecule has 0 amide bonds. The minimum atomic E-state index is -0.469. The van der Waals surface area contributed by atoms with Crippen molar-refractivity contribution in [2.75, 3.05) is 6.61 Å². The molecule has 0 spiro atoms. The van der Waals surface area contributed by atoms with Gasteiger partial charge in [-0.15, -0.1) is 0 Å². The minimum Gasteiger partial charge on any atom is -0.374 e. The Labute approximate surface area is 238 Å². The van der Waals surface area contributed by atoms with Gasteiger partial charge in [0.05, 0.1) is 38.3 Å².